The smallest absolute Gasteiger partial charge is 0.183 e. The van der Waals surface area contributed by atoms with Crippen molar-refractivity contribution in [3.05, 3.63) is 59.4 Å². The van der Waals surface area contributed by atoms with Crippen LogP contribution in [0.4, 0.5) is 24.5 Å². The van der Waals surface area contributed by atoms with Gasteiger partial charge in [-0.15, -0.1) is 0 Å². The molecule has 3 N–H and O–H groups in total. The zero-order valence-electron chi connectivity index (χ0n) is 9.38. The molecular weight excluding hydrogens is 241 g/mol. The van der Waals surface area contributed by atoms with E-state index in [-0.39, 0.29) is 23.7 Å². The fourth-order valence-electron chi connectivity index (χ4n) is 1.54. The number of anilines is 2. The molecule has 2 rings (SSSR count). The van der Waals surface area contributed by atoms with E-state index in [1.807, 2.05) is 0 Å². The number of benzene rings is 2. The minimum atomic E-state index is -1.02. The summed E-state index contributed by atoms with van der Waals surface area (Å²) in [6, 6.07) is 7.94. The maximum atomic E-state index is 13.5. The van der Waals surface area contributed by atoms with Gasteiger partial charge in [-0.2, -0.15) is 0 Å². The molecule has 0 bridgehead atoms. The first-order valence-corrected chi connectivity index (χ1v) is 5.29. The Hall–Kier alpha value is -2.17. The molecule has 94 valence electrons. The molecule has 0 radical (unpaired) electrons. The van der Waals surface area contributed by atoms with E-state index in [1.165, 1.54) is 18.2 Å². The summed E-state index contributed by atoms with van der Waals surface area (Å²) in [5, 5.41) is 2.70. The van der Waals surface area contributed by atoms with Crippen molar-refractivity contribution in [3.8, 4) is 0 Å². The zero-order valence-corrected chi connectivity index (χ0v) is 9.38. The lowest BCUT2D eigenvalue weighted by Crippen LogP contribution is -2.06. The number of nitrogens with two attached hydrogens (primary N) is 1. The summed E-state index contributed by atoms with van der Waals surface area (Å²) in [5.74, 6) is -2.34. The van der Waals surface area contributed by atoms with Gasteiger partial charge in [0.05, 0.1) is 11.4 Å². The van der Waals surface area contributed by atoms with Gasteiger partial charge in [0.1, 0.15) is 5.82 Å². The van der Waals surface area contributed by atoms with Crippen molar-refractivity contribution in [2.45, 2.75) is 6.54 Å². The summed E-state index contributed by atoms with van der Waals surface area (Å²) >= 11 is 0. The largest absolute Gasteiger partial charge is 0.397 e. The maximum absolute atomic E-state index is 13.5. The van der Waals surface area contributed by atoms with Crippen molar-refractivity contribution in [2.24, 2.45) is 0 Å². The average molecular weight is 252 g/mol. The van der Waals surface area contributed by atoms with Crippen LogP contribution in [0, 0.1) is 17.5 Å². The van der Waals surface area contributed by atoms with Crippen LogP contribution >= 0.6 is 0 Å². The number of nitrogens with one attached hydrogen (secondary N) is 1. The second-order valence-corrected chi connectivity index (χ2v) is 3.81. The van der Waals surface area contributed by atoms with Crippen LogP contribution < -0.4 is 11.1 Å². The van der Waals surface area contributed by atoms with Gasteiger partial charge in [-0.05, 0) is 29.8 Å². The molecule has 5 heteroatoms. The van der Waals surface area contributed by atoms with E-state index in [9.17, 15) is 13.2 Å². The average Bonchev–Trinajstić information content (AvgIpc) is 2.36. The molecular formula is C13H11F3N2. The minimum absolute atomic E-state index is 0.0840. The Kier molecular flexibility index (Phi) is 3.41. The van der Waals surface area contributed by atoms with Crippen molar-refractivity contribution < 1.29 is 13.2 Å². The number of rotatable bonds is 3. The molecule has 18 heavy (non-hydrogen) atoms. The molecule has 0 heterocycles. The third-order valence-electron chi connectivity index (χ3n) is 2.51. The van der Waals surface area contributed by atoms with E-state index in [2.05, 4.69) is 5.32 Å². The fraction of sp³-hybridized carbons (Fsp3) is 0.0769. The monoisotopic (exact) mass is 252 g/mol. The van der Waals surface area contributed by atoms with Gasteiger partial charge in [-0.3, -0.25) is 0 Å². The Morgan fingerprint density at radius 2 is 1.61 bits per heavy atom. The Morgan fingerprint density at radius 1 is 0.944 bits per heavy atom. The Bertz CT molecular complexity index is 553. The Labute approximate surface area is 102 Å². The van der Waals surface area contributed by atoms with Gasteiger partial charge >= 0.3 is 0 Å². The van der Waals surface area contributed by atoms with Crippen LogP contribution in [-0.4, -0.2) is 0 Å². The molecule has 0 aliphatic rings. The maximum Gasteiger partial charge on any atom is 0.183 e. The third-order valence-corrected chi connectivity index (χ3v) is 2.51. The first-order valence-electron chi connectivity index (χ1n) is 5.29. The molecule has 0 saturated carbocycles. The fourth-order valence-corrected chi connectivity index (χ4v) is 1.54. The van der Waals surface area contributed by atoms with E-state index in [0.29, 0.717) is 0 Å². The summed E-state index contributed by atoms with van der Waals surface area (Å²) in [7, 11) is 0. The van der Waals surface area contributed by atoms with Gasteiger partial charge in [0.25, 0.3) is 0 Å². The molecule has 2 nitrogen and oxygen atoms in total. The van der Waals surface area contributed by atoms with Crippen LogP contribution in [0.15, 0.2) is 36.4 Å². The summed E-state index contributed by atoms with van der Waals surface area (Å²) in [4.78, 5) is 0. The van der Waals surface area contributed by atoms with Gasteiger partial charge in [0.2, 0.25) is 0 Å². The molecule has 0 aromatic heterocycles. The Balaban J connectivity index is 2.15. The summed E-state index contributed by atoms with van der Waals surface area (Å²) in [5.41, 5.74) is 6.32. The predicted octanol–water partition coefficient (Wildman–Crippen LogP) is 3.30. The van der Waals surface area contributed by atoms with Crippen LogP contribution in [0.5, 0.6) is 0 Å². The molecule has 2 aromatic rings. The normalized spacial score (nSPS) is 10.4. The molecule has 2 aromatic carbocycles. The molecule has 0 amide bonds. The van der Waals surface area contributed by atoms with E-state index in [4.69, 9.17) is 5.73 Å². The number of hydrogen-bond donors (Lipinski definition) is 2. The Morgan fingerprint density at radius 3 is 2.28 bits per heavy atom. The van der Waals surface area contributed by atoms with Crippen molar-refractivity contribution in [2.75, 3.05) is 11.1 Å². The number of nitrogen functional groups attached to an aromatic ring is 1. The van der Waals surface area contributed by atoms with Crippen LogP contribution in [0.2, 0.25) is 0 Å². The van der Waals surface area contributed by atoms with E-state index in [0.717, 1.165) is 11.6 Å². The highest BCUT2D eigenvalue weighted by Gasteiger charge is 2.11. The molecule has 0 spiro atoms. The molecule has 0 saturated heterocycles. The second kappa shape index (κ2) is 5.00. The molecule has 0 aliphatic carbocycles. The number of halogens is 3. The minimum Gasteiger partial charge on any atom is -0.397 e. The van der Waals surface area contributed by atoms with Crippen molar-refractivity contribution in [1.82, 2.24) is 0 Å². The zero-order chi connectivity index (χ0) is 13.1. The molecule has 0 fully saturated rings. The highest BCUT2D eigenvalue weighted by atomic mass is 19.2. The predicted molar refractivity (Wildman–Crippen MR) is 64.5 cm³/mol. The SMILES string of the molecule is Nc1ccc(F)c(F)c1NCc1ccc(F)cc1. The quantitative estimate of drug-likeness (QED) is 0.822. The van der Waals surface area contributed by atoms with Gasteiger partial charge in [-0.25, -0.2) is 13.2 Å². The number of hydrogen-bond acceptors (Lipinski definition) is 2. The van der Waals surface area contributed by atoms with Gasteiger partial charge < -0.3 is 11.1 Å². The van der Waals surface area contributed by atoms with Gasteiger partial charge in [0, 0.05) is 6.54 Å². The van der Waals surface area contributed by atoms with Gasteiger partial charge in [0.15, 0.2) is 11.6 Å². The van der Waals surface area contributed by atoms with E-state index in [1.54, 1.807) is 12.1 Å². The first-order chi connectivity index (χ1) is 8.58. The van der Waals surface area contributed by atoms with Gasteiger partial charge in [-0.1, -0.05) is 12.1 Å². The highest BCUT2D eigenvalue weighted by Crippen LogP contribution is 2.25. The van der Waals surface area contributed by atoms with Crippen molar-refractivity contribution in [3.63, 3.8) is 0 Å². The summed E-state index contributed by atoms with van der Waals surface area (Å²) in [6.07, 6.45) is 0. The lowest BCUT2D eigenvalue weighted by Gasteiger charge is -2.10. The standard InChI is InChI=1S/C13H11F3N2/c14-9-3-1-8(2-4-9)7-18-13-11(17)6-5-10(15)12(13)16/h1-6,18H,7,17H2. The third kappa shape index (κ3) is 2.56. The highest BCUT2D eigenvalue weighted by molar-refractivity contribution is 5.66. The van der Waals surface area contributed by atoms with E-state index >= 15 is 0 Å². The topological polar surface area (TPSA) is 38.0 Å². The second-order valence-electron chi connectivity index (χ2n) is 3.81. The molecule has 0 atom stereocenters. The van der Waals surface area contributed by atoms with E-state index < -0.39 is 11.6 Å². The van der Waals surface area contributed by atoms with Crippen LogP contribution in [0.25, 0.3) is 0 Å². The molecule has 0 unspecified atom stereocenters. The first kappa shape index (κ1) is 12.3. The lowest BCUT2D eigenvalue weighted by atomic mass is 10.2. The van der Waals surface area contributed by atoms with Crippen LogP contribution in [0.3, 0.4) is 0 Å². The van der Waals surface area contributed by atoms with Crippen LogP contribution in [-0.2, 0) is 6.54 Å². The summed E-state index contributed by atoms with van der Waals surface area (Å²) < 4.78 is 39.2. The van der Waals surface area contributed by atoms with Crippen molar-refractivity contribution >= 4 is 11.4 Å². The van der Waals surface area contributed by atoms with Crippen molar-refractivity contribution in [1.29, 1.82) is 0 Å². The molecule has 0 aliphatic heterocycles. The van der Waals surface area contributed by atoms with Crippen LogP contribution in [0.1, 0.15) is 5.56 Å². The lowest BCUT2D eigenvalue weighted by molar-refractivity contribution is 0.511. The summed E-state index contributed by atoms with van der Waals surface area (Å²) in [6.45, 7) is 0.227.